The number of hydrogen-bond acceptors (Lipinski definition) is 4. The minimum atomic E-state index is -4.66. The molecule has 148 valence electrons. The van der Waals surface area contributed by atoms with E-state index in [-0.39, 0.29) is 5.69 Å². The summed E-state index contributed by atoms with van der Waals surface area (Å²) >= 11 is 0. The molecule has 2 aromatic rings. The molecule has 0 heterocycles. The van der Waals surface area contributed by atoms with E-state index >= 15 is 0 Å². The number of alkyl halides is 3. The molecule has 0 amide bonds. The maximum atomic E-state index is 12.7. The van der Waals surface area contributed by atoms with Gasteiger partial charge in [0, 0.05) is 6.07 Å². The van der Waals surface area contributed by atoms with Crippen molar-refractivity contribution in [3.63, 3.8) is 0 Å². The molecule has 0 atom stereocenters. The molecule has 5 nitrogen and oxygen atoms in total. The van der Waals surface area contributed by atoms with Crippen LogP contribution in [0.2, 0.25) is 0 Å². The molecule has 1 N–H and O–H groups in total. The summed E-state index contributed by atoms with van der Waals surface area (Å²) < 4.78 is 38.2. The Morgan fingerprint density at radius 1 is 1.18 bits per heavy atom. The second-order valence-electron chi connectivity index (χ2n) is 6.57. The Kier molecular flexibility index (Phi) is 6.56. The van der Waals surface area contributed by atoms with Crippen LogP contribution in [-0.4, -0.2) is 11.1 Å². The summed E-state index contributed by atoms with van der Waals surface area (Å²) in [6.45, 7) is 6.01. The molecule has 0 fully saturated rings. The molecule has 0 aliphatic heterocycles. The third-order valence-corrected chi connectivity index (χ3v) is 3.97. The maximum absolute atomic E-state index is 12.7. The molecule has 8 heteroatoms. The predicted molar refractivity (Wildman–Crippen MR) is 104 cm³/mol. The van der Waals surface area contributed by atoms with Gasteiger partial charge in [-0.15, -0.1) is 0 Å². The van der Waals surface area contributed by atoms with Crippen LogP contribution in [0.15, 0.2) is 53.1 Å². The minimum absolute atomic E-state index is 0.122. The Hall–Kier alpha value is -3.16. The molecule has 0 radical (unpaired) electrons. The van der Waals surface area contributed by atoms with Gasteiger partial charge in [0.05, 0.1) is 16.7 Å². The smallest absolute Gasteiger partial charge is 0.272 e. The van der Waals surface area contributed by atoms with Gasteiger partial charge in [-0.2, -0.15) is 18.3 Å². The van der Waals surface area contributed by atoms with Crippen LogP contribution in [0.3, 0.4) is 0 Å². The molecule has 2 aromatic carbocycles. The molecule has 0 saturated carbocycles. The first-order valence-electron chi connectivity index (χ1n) is 8.51. The topological polar surface area (TPSA) is 67.5 Å². The number of nitro groups is 1. The van der Waals surface area contributed by atoms with Gasteiger partial charge < -0.3 is 0 Å². The molecule has 0 aliphatic rings. The first-order chi connectivity index (χ1) is 13.1. The van der Waals surface area contributed by atoms with Crippen LogP contribution < -0.4 is 5.43 Å². The van der Waals surface area contributed by atoms with Crippen LogP contribution in [0.1, 0.15) is 43.4 Å². The van der Waals surface area contributed by atoms with Crippen molar-refractivity contribution in [1.82, 2.24) is 0 Å². The summed E-state index contributed by atoms with van der Waals surface area (Å²) in [6.07, 6.45) is -1.34. The van der Waals surface area contributed by atoms with Crippen LogP contribution in [0.5, 0.6) is 0 Å². The normalized spacial score (nSPS) is 12.6. The van der Waals surface area contributed by atoms with Gasteiger partial charge in [-0.1, -0.05) is 44.2 Å². The molecule has 0 bridgehead atoms. The van der Waals surface area contributed by atoms with Gasteiger partial charge in [0.15, 0.2) is 0 Å². The monoisotopic (exact) mass is 391 g/mol. The lowest BCUT2D eigenvalue weighted by molar-refractivity contribution is -0.384. The van der Waals surface area contributed by atoms with Crippen molar-refractivity contribution in [2.45, 2.75) is 32.9 Å². The number of halogens is 3. The zero-order valence-electron chi connectivity index (χ0n) is 15.6. The Morgan fingerprint density at radius 3 is 2.36 bits per heavy atom. The number of rotatable bonds is 6. The van der Waals surface area contributed by atoms with Crippen LogP contribution in [0.4, 0.5) is 24.5 Å². The maximum Gasteiger partial charge on any atom is 0.416 e. The fourth-order valence-corrected chi connectivity index (χ4v) is 2.43. The van der Waals surface area contributed by atoms with Gasteiger partial charge in [0.2, 0.25) is 0 Å². The van der Waals surface area contributed by atoms with Crippen LogP contribution in [0, 0.1) is 10.1 Å². The number of hydrazone groups is 1. The van der Waals surface area contributed by atoms with Crippen LogP contribution in [0.25, 0.3) is 6.08 Å². The minimum Gasteiger partial charge on any atom is -0.272 e. The first-order valence-corrected chi connectivity index (χ1v) is 8.51. The zero-order valence-corrected chi connectivity index (χ0v) is 15.6. The van der Waals surface area contributed by atoms with Gasteiger partial charge >= 0.3 is 6.18 Å². The van der Waals surface area contributed by atoms with E-state index < -0.39 is 22.4 Å². The highest BCUT2D eigenvalue weighted by Crippen LogP contribution is 2.34. The summed E-state index contributed by atoms with van der Waals surface area (Å²) in [4.78, 5) is 10.2. The lowest BCUT2D eigenvalue weighted by Crippen LogP contribution is -2.06. The summed E-state index contributed by atoms with van der Waals surface area (Å²) in [7, 11) is 0. The summed E-state index contributed by atoms with van der Waals surface area (Å²) in [5, 5.41) is 14.9. The van der Waals surface area contributed by atoms with Crippen molar-refractivity contribution in [1.29, 1.82) is 0 Å². The van der Waals surface area contributed by atoms with Crippen molar-refractivity contribution in [3.05, 3.63) is 74.8 Å². The van der Waals surface area contributed by atoms with E-state index in [1.165, 1.54) is 11.8 Å². The lowest BCUT2D eigenvalue weighted by Gasteiger charge is -2.08. The Balaban J connectivity index is 2.14. The van der Waals surface area contributed by atoms with Crippen molar-refractivity contribution < 1.29 is 18.1 Å². The average molecular weight is 391 g/mol. The zero-order chi connectivity index (χ0) is 20.9. The van der Waals surface area contributed by atoms with Crippen molar-refractivity contribution in [2.24, 2.45) is 5.10 Å². The quantitative estimate of drug-likeness (QED) is 0.360. The van der Waals surface area contributed by atoms with Crippen molar-refractivity contribution in [2.75, 3.05) is 5.43 Å². The predicted octanol–water partition coefficient (Wildman–Crippen LogP) is 6.24. The van der Waals surface area contributed by atoms with E-state index in [1.807, 2.05) is 30.3 Å². The number of nitro benzene ring substituents is 1. The number of nitrogens with one attached hydrogen (secondary N) is 1. The molecule has 0 unspecified atom stereocenters. The lowest BCUT2D eigenvalue weighted by atomic mass is 10.0. The first kappa shape index (κ1) is 21.1. The fraction of sp³-hybridized carbons (Fsp3) is 0.250. The van der Waals surface area contributed by atoms with Crippen molar-refractivity contribution >= 4 is 23.7 Å². The molecular weight excluding hydrogens is 371 g/mol. The summed E-state index contributed by atoms with van der Waals surface area (Å²) in [5.41, 5.74) is 3.48. The van der Waals surface area contributed by atoms with E-state index in [0.717, 1.165) is 23.3 Å². The van der Waals surface area contributed by atoms with Crippen molar-refractivity contribution in [3.8, 4) is 0 Å². The highest BCUT2D eigenvalue weighted by Gasteiger charge is 2.33. The largest absolute Gasteiger partial charge is 0.416 e. The third kappa shape index (κ3) is 5.67. The second kappa shape index (κ2) is 8.69. The number of benzene rings is 2. The summed E-state index contributed by atoms with van der Waals surface area (Å²) in [6, 6.07) is 10.2. The van der Waals surface area contributed by atoms with Gasteiger partial charge in [0.1, 0.15) is 5.69 Å². The van der Waals surface area contributed by atoms with Gasteiger partial charge in [-0.25, -0.2) is 0 Å². The molecule has 0 aliphatic carbocycles. The second-order valence-corrected chi connectivity index (χ2v) is 6.57. The summed E-state index contributed by atoms with van der Waals surface area (Å²) in [5.74, 6) is 0.435. The SMILES string of the molecule is CC(C=NNc1ccc(C(F)(F)F)cc1[N+](=O)[O-])=Cc1ccc(C(C)C)cc1. The highest BCUT2D eigenvalue weighted by atomic mass is 19.4. The highest BCUT2D eigenvalue weighted by molar-refractivity contribution is 5.85. The number of nitrogens with zero attached hydrogens (tertiary/aromatic N) is 2. The molecule has 0 aromatic heterocycles. The van der Waals surface area contributed by atoms with E-state index in [9.17, 15) is 23.3 Å². The van der Waals surface area contributed by atoms with Gasteiger partial charge in [0.25, 0.3) is 5.69 Å². The number of allylic oxidation sites excluding steroid dienone is 1. The third-order valence-electron chi connectivity index (χ3n) is 3.97. The van der Waals surface area contributed by atoms with Crippen LogP contribution in [-0.2, 0) is 6.18 Å². The van der Waals surface area contributed by atoms with Crippen LogP contribution >= 0.6 is 0 Å². The molecule has 28 heavy (non-hydrogen) atoms. The van der Waals surface area contributed by atoms with E-state index in [4.69, 9.17) is 0 Å². The number of anilines is 1. The standard InChI is InChI=1S/C20H20F3N3O2/c1-13(2)16-6-4-15(5-7-16)10-14(3)12-24-25-18-9-8-17(20(21,22)23)11-19(18)26(27)28/h4-13,25H,1-3H3. The van der Waals surface area contributed by atoms with Gasteiger partial charge in [-0.05, 0) is 41.7 Å². The van der Waals surface area contributed by atoms with E-state index in [1.54, 1.807) is 6.92 Å². The molecule has 0 spiro atoms. The Morgan fingerprint density at radius 2 is 1.82 bits per heavy atom. The molecule has 2 rings (SSSR count). The Bertz CT molecular complexity index is 902. The molecule has 0 saturated heterocycles. The number of hydrogen-bond donors (Lipinski definition) is 1. The van der Waals surface area contributed by atoms with Gasteiger partial charge in [-0.3, -0.25) is 15.5 Å². The van der Waals surface area contributed by atoms with E-state index in [2.05, 4.69) is 24.4 Å². The molecular formula is C20H20F3N3O2. The average Bonchev–Trinajstić information content (AvgIpc) is 2.61. The Labute approximate surface area is 160 Å². The van der Waals surface area contributed by atoms with E-state index in [0.29, 0.717) is 12.0 Å². The fourth-order valence-electron chi connectivity index (χ4n) is 2.43.